The highest BCUT2D eigenvalue weighted by Gasteiger charge is 2.25. The fourth-order valence-electron chi connectivity index (χ4n) is 2.98. The lowest BCUT2D eigenvalue weighted by atomic mass is 10.1. The standard InChI is InChI=1S/C20H20ClNO4/c1-11-9-16(19(25-3)10-15(11)21)22-20(24)12(2)26-18-6-4-5-13-14(18)7-8-17(13)23/h4-6,9-10,12H,7-8H2,1-3H3,(H,22,24)/t12-/m1/s1. The number of ketones is 1. The Morgan fingerprint density at radius 3 is 2.73 bits per heavy atom. The number of rotatable bonds is 5. The summed E-state index contributed by atoms with van der Waals surface area (Å²) < 4.78 is 11.1. The van der Waals surface area contributed by atoms with Crippen molar-refractivity contribution < 1.29 is 19.1 Å². The first kappa shape index (κ1) is 18.3. The molecule has 6 heteroatoms. The topological polar surface area (TPSA) is 64.6 Å². The van der Waals surface area contributed by atoms with Gasteiger partial charge >= 0.3 is 0 Å². The van der Waals surface area contributed by atoms with Gasteiger partial charge in [0.2, 0.25) is 0 Å². The van der Waals surface area contributed by atoms with Crippen molar-refractivity contribution >= 4 is 29.0 Å². The molecule has 0 heterocycles. The van der Waals surface area contributed by atoms with Crippen molar-refractivity contribution in [2.45, 2.75) is 32.8 Å². The van der Waals surface area contributed by atoms with E-state index in [9.17, 15) is 9.59 Å². The maximum Gasteiger partial charge on any atom is 0.265 e. The molecule has 2 aromatic carbocycles. The van der Waals surface area contributed by atoms with E-state index in [1.54, 1.807) is 37.3 Å². The summed E-state index contributed by atoms with van der Waals surface area (Å²) in [6.07, 6.45) is 0.387. The Labute approximate surface area is 157 Å². The molecule has 0 spiro atoms. The van der Waals surface area contributed by atoms with E-state index in [-0.39, 0.29) is 11.7 Å². The Balaban J connectivity index is 1.76. The van der Waals surface area contributed by atoms with E-state index in [0.717, 1.165) is 11.1 Å². The summed E-state index contributed by atoms with van der Waals surface area (Å²) in [5.41, 5.74) is 2.92. The maximum absolute atomic E-state index is 12.6. The molecule has 1 N–H and O–H groups in total. The van der Waals surface area contributed by atoms with E-state index in [0.29, 0.717) is 40.6 Å². The molecule has 1 atom stereocenters. The van der Waals surface area contributed by atoms with E-state index in [1.165, 1.54) is 7.11 Å². The molecule has 136 valence electrons. The molecule has 0 saturated carbocycles. The van der Waals surface area contributed by atoms with Gasteiger partial charge in [-0.2, -0.15) is 0 Å². The van der Waals surface area contributed by atoms with Crippen molar-refractivity contribution in [2.75, 3.05) is 12.4 Å². The molecule has 5 nitrogen and oxygen atoms in total. The van der Waals surface area contributed by atoms with Crippen LogP contribution in [0.25, 0.3) is 0 Å². The molecular formula is C20H20ClNO4. The molecule has 0 unspecified atom stereocenters. The van der Waals surface area contributed by atoms with Gasteiger partial charge in [0, 0.05) is 28.6 Å². The smallest absolute Gasteiger partial charge is 0.265 e. The van der Waals surface area contributed by atoms with Crippen molar-refractivity contribution in [1.29, 1.82) is 0 Å². The first-order valence-electron chi connectivity index (χ1n) is 8.37. The predicted octanol–water partition coefficient (Wildman–Crippen LogP) is 4.19. The van der Waals surface area contributed by atoms with E-state index < -0.39 is 6.10 Å². The average Bonchev–Trinajstić information content (AvgIpc) is 3.00. The van der Waals surface area contributed by atoms with Gasteiger partial charge in [-0.25, -0.2) is 0 Å². The van der Waals surface area contributed by atoms with Crippen molar-refractivity contribution in [2.24, 2.45) is 0 Å². The lowest BCUT2D eigenvalue weighted by Crippen LogP contribution is -2.30. The summed E-state index contributed by atoms with van der Waals surface area (Å²) in [6.45, 7) is 3.52. The monoisotopic (exact) mass is 373 g/mol. The van der Waals surface area contributed by atoms with Crippen molar-refractivity contribution in [3.63, 3.8) is 0 Å². The van der Waals surface area contributed by atoms with Gasteiger partial charge in [-0.3, -0.25) is 9.59 Å². The van der Waals surface area contributed by atoms with E-state index in [1.807, 2.05) is 6.92 Å². The van der Waals surface area contributed by atoms with Gasteiger partial charge in [0.05, 0.1) is 12.8 Å². The number of Topliss-reactive ketones (excluding diaryl/α,β-unsaturated/α-hetero) is 1. The van der Waals surface area contributed by atoms with E-state index >= 15 is 0 Å². The summed E-state index contributed by atoms with van der Waals surface area (Å²) in [4.78, 5) is 24.4. The molecule has 1 amide bonds. The number of carbonyl (C=O) groups excluding carboxylic acids is 2. The normalized spacial score (nSPS) is 13.9. The third-order valence-corrected chi connectivity index (χ3v) is 4.85. The molecule has 3 rings (SSSR count). The molecule has 0 fully saturated rings. The number of nitrogens with one attached hydrogen (secondary N) is 1. The predicted molar refractivity (Wildman–Crippen MR) is 101 cm³/mol. The van der Waals surface area contributed by atoms with Gasteiger partial charge in [0.1, 0.15) is 11.5 Å². The summed E-state index contributed by atoms with van der Waals surface area (Å²) in [5, 5.41) is 3.38. The lowest BCUT2D eigenvalue weighted by Gasteiger charge is -2.18. The number of halogens is 1. The molecule has 2 aromatic rings. The van der Waals surface area contributed by atoms with Crippen LogP contribution in [-0.2, 0) is 11.2 Å². The highest BCUT2D eigenvalue weighted by atomic mass is 35.5. The second kappa shape index (κ2) is 7.38. The van der Waals surface area contributed by atoms with Crippen LogP contribution in [0.4, 0.5) is 5.69 Å². The first-order valence-corrected chi connectivity index (χ1v) is 8.75. The van der Waals surface area contributed by atoms with Gasteiger partial charge in [0.25, 0.3) is 5.91 Å². The van der Waals surface area contributed by atoms with Crippen LogP contribution in [0.2, 0.25) is 5.02 Å². The lowest BCUT2D eigenvalue weighted by molar-refractivity contribution is -0.122. The third kappa shape index (κ3) is 3.53. The first-order chi connectivity index (χ1) is 12.4. The fourth-order valence-corrected chi connectivity index (χ4v) is 3.13. The van der Waals surface area contributed by atoms with Crippen molar-refractivity contribution in [3.8, 4) is 11.5 Å². The quantitative estimate of drug-likeness (QED) is 0.853. The van der Waals surface area contributed by atoms with Crippen molar-refractivity contribution in [1.82, 2.24) is 0 Å². The SMILES string of the molecule is COc1cc(Cl)c(C)cc1NC(=O)[C@@H](C)Oc1cccc2c1CCC2=O. The van der Waals surface area contributed by atoms with Gasteiger partial charge in [0.15, 0.2) is 11.9 Å². The third-order valence-electron chi connectivity index (χ3n) is 4.45. The average molecular weight is 374 g/mol. The molecule has 0 saturated heterocycles. The summed E-state index contributed by atoms with van der Waals surface area (Å²) in [6, 6.07) is 8.77. The van der Waals surface area contributed by atoms with E-state index in [2.05, 4.69) is 5.32 Å². The number of carbonyl (C=O) groups is 2. The number of hydrogen-bond donors (Lipinski definition) is 1. The summed E-state index contributed by atoms with van der Waals surface area (Å²) in [5.74, 6) is 0.860. The zero-order valence-electron chi connectivity index (χ0n) is 14.9. The molecule has 0 aromatic heterocycles. The van der Waals surface area contributed by atoms with Crippen LogP contribution < -0.4 is 14.8 Å². The largest absolute Gasteiger partial charge is 0.495 e. The highest BCUT2D eigenvalue weighted by Crippen LogP contribution is 2.33. The Hall–Kier alpha value is -2.53. The van der Waals surface area contributed by atoms with Crippen LogP contribution >= 0.6 is 11.6 Å². The molecule has 1 aliphatic carbocycles. The van der Waals surface area contributed by atoms with Crippen LogP contribution in [0.1, 0.15) is 34.8 Å². The van der Waals surface area contributed by atoms with Crippen LogP contribution in [0.15, 0.2) is 30.3 Å². The second-order valence-corrected chi connectivity index (χ2v) is 6.66. The molecule has 26 heavy (non-hydrogen) atoms. The molecular weight excluding hydrogens is 354 g/mol. The number of amides is 1. The van der Waals surface area contributed by atoms with E-state index in [4.69, 9.17) is 21.1 Å². The Morgan fingerprint density at radius 1 is 1.23 bits per heavy atom. The van der Waals surface area contributed by atoms with Crippen LogP contribution in [0, 0.1) is 6.92 Å². The minimum absolute atomic E-state index is 0.115. The Bertz CT molecular complexity index is 878. The number of fused-ring (bicyclic) bond motifs is 1. The fraction of sp³-hybridized carbons (Fsp3) is 0.300. The molecule has 1 aliphatic rings. The molecule has 0 bridgehead atoms. The van der Waals surface area contributed by atoms with Gasteiger partial charge < -0.3 is 14.8 Å². The van der Waals surface area contributed by atoms with Crippen LogP contribution in [-0.4, -0.2) is 24.9 Å². The number of methoxy groups -OCH3 is 1. The number of ether oxygens (including phenoxy) is 2. The number of anilines is 1. The zero-order chi connectivity index (χ0) is 18.8. The molecule has 0 aliphatic heterocycles. The number of benzene rings is 2. The second-order valence-electron chi connectivity index (χ2n) is 6.26. The Morgan fingerprint density at radius 2 is 2.00 bits per heavy atom. The minimum atomic E-state index is -0.738. The summed E-state index contributed by atoms with van der Waals surface area (Å²) >= 11 is 6.09. The van der Waals surface area contributed by atoms with Crippen LogP contribution in [0.3, 0.4) is 0 Å². The number of hydrogen-bond acceptors (Lipinski definition) is 4. The van der Waals surface area contributed by atoms with Gasteiger partial charge in [-0.1, -0.05) is 23.7 Å². The summed E-state index contributed by atoms with van der Waals surface area (Å²) in [7, 11) is 1.51. The highest BCUT2D eigenvalue weighted by molar-refractivity contribution is 6.31. The van der Waals surface area contributed by atoms with Gasteiger partial charge in [-0.05, 0) is 38.0 Å². The van der Waals surface area contributed by atoms with Gasteiger partial charge in [-0.15, -0.1) is 0 Å². The maximum atomic E-state index is 12.6. The number of aryl methyl sites for hydroxylation is 1. The zero-order valence-corrected chi connectivity index (χ0v) is 15.6. The van der Waals surface area contributed by atoms with Crippen molar-refractivity contribution in [3.05, 3.63) is 52.0 Å². The van der Waals surface area contributed by atoms with Crippen LogP contribution in [0.5, 0.6) is 11.5 Å². The minimum Gasteiger partial charge on any atom is -0.495 e. The molecule has 0 radical (unpaired) electrons. The Kier molecular flexibility index (Phi) is 5.18.